The Morgan fingerprint density at radius 1 is 1.33 bits per heavy atom. The van der Waals surface area contributed by atoms with E-state index in [0.717, 1.165) is 44.7 Å². The van der Waals surface area contributed by atoms with Crippen LogP contribution < -0.4 is 10.6 Å². The van der Waals surface area contributed by atoms with Crippen LogP contribution in [-0.4, -0.2) is 35.6 Å². The standard InChI is InChI=1S/C13H24N4O/c1-12-15-9-11-17(12)10-4-3-8-16-13(18)6-5-7-14-2/h9,11,14H,3-8,10H2,1-2H3,(H,16,18). The number of aromatic nitrogens is 2. The molecule has 18 heavy (non-hydrogen) atoms. The third-order valence-corrected chi connectivity index (χ3v) is 2.90. The zero-order valence-electron chi connectivity index (χ0n) is 11.4. The summed E-state index contributed by atoms with van der Waals surface area (Å²) in [7, 11) is 1.90. The molecule has 1 aromatic rings. The van der Waals surface area contributed by atoms with E-state index in [1.54, 1.807) is 0 Å². The number of imidazole rings is 1. The van der Waals surface area contributed by atoms with E-state index in [1.807, 2.05) is 26.4 Å². The van der Waals surface area contributed by atoms with Crippen LogP contribution in [0, 0.1) is 6.92 Å². The minimum Gasteiger partial charge on any atom is -0.356 e. The van der Waals surface area contributed by atoms with Crippen LogP contribution in [0.5, 0.6) is 0 Å². The van der Waals surface area contributed by atoms with Gasteiger partial charge in [-0.25, -0.2) is 4.98 Å². The van der Waals surface area contributed by atoms with Crippen molar-refractivity contribution in [2.45, 2.75) is 39.2 Å². The summed E-state index contributed by atoms with van der Waals surface area (Å²) in [6, 6.07) is 0. The maximum Gasteiger partial charge on any atom is 0.220 e. The van der Waals surface area contributed by atoms with Crippen LogP contribution >= 0.6 is 0 Å². The van der Waals surface area contributed by atoms with Crippen LogP contribution in [0.15, 0.2) is 12.4 Å². The largest absolute Gasteiger partial charge is 0.356 e. The molecule has 0 radical (unpaired) electrons. The van der Waals surface area contributed by atoms with Crippen LogP contribution in [0.2, 0.25) is 0 Å². The van der Waals surface area contributed by atoms with Crippen molar-refractivity contribution in [2.75, 3.05) is 20.1 Å². The van der Waals surface area contributed by atoms with Gasteiger partial charge in [-0.3, -0.25) is 4.79 Å². The van der Waals surface area contributed by atoms with Gasteiger partial charge >= 0.3 is 0 Å². The highest BCUT2D eigenvalue weighted by atomic mass is 16.1. The Morgan fingerprint density at radius 2 is 2.17 bits per heavy atom. The van der Waals surface area contributed by atoms with E-state index < -0.39 is 0 Å². The summed E-state index contributed by atoms with van der Waals surface area (Å²) >= 11 is 0. The summed E-state index contributed by atoms with van der Waals surface area (Å²) in [5, 5.41) is 5.98. The average Bonchev–Trinajstić information content (AvgIpc) is 2.75. The number of amides is 1. The molecule has 1 aromatic heterocycles. The molecule has 0 bridgehead atoms. The molecule has 1 amide bonds. The lowest BCUT2D eigenvalue weighted by Gasteiger charge is -2.06. The van der Waals surface area contributed by atoms with E-state index in [2.05, 4.69) is 20.2 Å². The van der Waals surface area contributed by atoms with Gasteiger partial charge < -0.3 is 15.2 Å². The van der Waals surface area contributed by atoms with Crippen LogP contribution in [0.1, 0.15) is 31.5 Å². The second-order valence-corrected chi connectivity index (χ2v) is 4.43. The molecule has 0 unspecified atom stereocenters. The second kappa shape index (κ2) is 8.69. The van der Waals surface area contributed by atoms with Crippen LogP contribution in [0.4, 0.5) is 0 Å². The predicted octanol–water partition coefficient (Wildman–Crippen LogP) is 1.09. The predicted molar refractivity (Wildman–Crippen MR) is 72.4 cm³/mol. The van der Waals surface area contributed by atoms with E-state index >= 15 is 0 Å². The lowest BCUT2D eigenvalue weighted by Crippen LogP contribution is -2.25. The van der Waals surface area contributed by atoms with Crippen LogP contribution in [-0.2, 0) is 11.3 Å². The molecule has 0 atom stereocenters. The quantitative estimate of drug-likeness (QED) is 0.647. The van der Waals surface area contributed by atoms with Gasteiger partial charge in [0.05, 0.1) is 0 Å². The Labute approximate surface area is 109 Å². The molecule has 0 saturated carbocycles. The molecule has 0 saturated heterocycles. The maximum absolute atomic E-state index is 11.4. The lowest BCUT2D eigenvalue weighted by molar-refractivity contribution is -0.121. The Balaban J connectivity index is 1.98. The highest BCUT2D eigenvalue weighted by molar-refractivity contribution is 5.75. The Kier molecular flexibility index (Phi) is 7.10. The van der Waals surface area contributed by atoms with Gasteiger partial charge in [-0.15, -0.1) is 0 Å². The summed E-state index contributed by atoms with van der Waals surface area (Å²) in [5.41, 5.74) is 0. The average molecular weight is 252 g/mol. The molecule has 0 aliphatic carbocycles. The summed E-state index contributed by atoms with van der Waals surface area (Å²) in [6.45, 7) is 4.64. The van der Waals surface area contributed by atoms with Crippen LogP contribution in [0.3, 0.4) is 0 Å². The number of aryl methyl sites for hydroxylation is 2. The molecule has 0 fully saturated rings. The number of hydrogen-bond acceptors (Lipinski definition) is 3. The first kappa shape index (κ1) is 14.7. The fraction of sp³-hybridized carbons (Fsp3) is 0.692. The van der Waals surface area contributed by atoms with E-state index in [0.29, 0.717) is 6.42 Å². The molecule has 2 N–H and O–H groups in total. The number of nitrogens with one attached hydrogen (secondary N) is 2. The van der Waals surface area contributed by atoms with Crippen molar-refractivity contribution in [3.05, 3.63) is 18.2 Å². The van der Waals surface area contributed by atoms with Gasteiger partial charge in [0, 0.05) is 31.9 Å². The van der Waals surface area contributed by atoms with Crippen molar-refractivity contribution in [1.82, 2.24) is 20.2 Å². The Morgan fingerprint density at radius 3 is 2.83 bits per heavy atom. The highest BCUT2D eigenvalue weighted by Crippen LogP contribution is 1.99. The first-order valence-corrected chi connectivity index (χ1v) is 6.63. The van der Waals surface area contributed by atoms with Gasteiger partial charge in [0.1, 0.15) is 5.82 Å². The number of rotatable bonds is 9. The van der Waals surface area contributed by atoms with Gasteiger partial charge in [0.15, 0.2) is 0 Å². The van der Waals surface area contributed by atoms with Crippen LogP contribution in [0.25, 0.3) is 0 Å². The Hall–Kier alpha value is -1.36. The number of hydrogen-bond donors (Lipinski definition) is 2. The van der Waals surface area contributed by atoms with Gasteiger partial charge in [0.25, 0.3) is 0 Å². The van der Waals surface area contributed by atoms with Crippen molar-refractivity contribution in [3.63, 3.8) is 0 Å². The van der Waals surface area contributed by atoms with Crippen molar-refractivity contribution >= 4 is 5.91 Å². The zero-order chi connectivity index (χ0) is 13.2. The monoisotopic (exact) mass is 252 g/mol. The molecule has 0 spiro atoms. The minimum absolute atomic E-state index is 0.157. The topological polar surface area (TPSA) is 59.0 Å². The third-order valence-electron chi connectivity index (χ3n) is 2.90. The maximum atomic E-state index is 11.4. The van der Waals surface area contributed by atoms with Crippen molar-refractivity contribution in [1.29, 1.82) is 0 Å². The molecule has 0 aliphatic rings. The summed E-state index contributed by atoms with van der Waals surface area (Å²) in [4.78, 5) is 15.6. The lowest BCUT2D eigenvalue weighted by atomic mass is 10.2. The molecular weight excluding hydrogens is 228 g/mol. The molecule has 5 heteroatoms. The SMILES string of the molecule is CNCCCC(=O)NCCCCn1ccnc1C. The van der Waals surface area contributed by atoms with E-state index in [9.17, 15) is 4.79 Å². The first-order chi connectivity index (χ1) is 8.74. The fourth-order valence-electron chi connectivity index (χ4n) is 1.79. The van der Waals surface area contributed by atoms with Crippen molar-refractivity contribution < 1.29 is 4.79 Å². The second-order valence-electron chi connectivity index (χ2n) is 4.43. The number of carbonyl (C=O) groups is 1. The van der Waals surface area contributed by atoms with E-state index in [4.69, 9.17) is 0 Å². The summed E-state index contributed by atoms with van der Waals surface area (Å²) < 4.78 is 2.13. The van der Waals surface area contributed by atoms with E-state index in [1.165, 1.54) is 0 Å². The first-order valence-electron chi connectivity index (χ1n) is 6.63. The van der Waals surface area contributed by atoms with E-state index in [-0.39, 0.29) is 5.91 Å². The molecule has 0 aliphatic heterocycles. The smallest absolute Gasteiger partial charge is 0.220 e. The highest BCUT2D eigenvalue weighted by Gasteiger charge is 2.00. The van der Waals surface area contributed by atoms with Crippen molar-refractivity contribution in [3.8, 4) is 0 Å². The Bertz CT molecular complexity index is 349. The number of unbranched alkanes of at least 4 members (excludes halogenated alkanes) is 1. The summed E-state index contributed by atoms with van der Waals surface area (Å²) in [6.07, 6.45) is 7.39. The zero-order valence-corrected chi connectivity index (χ0v) is 11.4. The number of nitrogens with zero attached hydrogens (tertiary/aromatic N) is 2. The fourth-order valence-corrected chi connectivity index (χ4v) is 1.79. The van der Waals surface area contributed by atoms with Gasteiger partial charge in [-0.05, 0) is 39.8 Å². The molecule has 5 nitrogen and oxygen atoms in total. The molecule has 1 heterocycles. The third kappa shape index (κ3) is 5.82. The number of carbonyl (C=O) groups excluding carboxylic acids is 1. The molecule has 1 rings (SSSR count). The van der Waals surface area contributed by atoms with Crippen molar-refractivity contribution in [2.24, 2.45) is 0 Å². The van der Waals surface area contributed by atoms with Gasteiger partial charge in [0.2, 0.25) is 5.91 Å². The molecule has 102 valence electrons. The van der Waals surface area contributed by atoms with Gasteiger partial charge in [-0.2, -0.15) is 0 Å². The molecule has 0 aromatic carbocycles. The summed E-state index contributed by atoms with van der Waals surface area (Å²) in [5.74, 6) is 1.20. The van der Waals surface area contributed by atoms with Gasteiger partial charge in [-0.1, -0.05) is 0 Å². The minimum atomic E-state index is 0.157. The molecular formula is C13H24N4O. The normalized spacial score (nSPS) is 10.6.